The smallest absolute Gasteiger partial charge is 0.227 e. The average Bonchev–Trinajstić information content (AvgIpc) is 3.34. The number of amides is 1. The second-order valence-electron chi connectivity index (χ2n) is 8.20. The first-order chi connectivity index (χ1) is 16.6. The van der Waals surface area contributed by atoms with Gasteiger partial charge in [-0.15, -0.1) is 0 Å². The van der Waals surface area contributed by atoms with Crippen LogP contribution in [0, 0.1) is 0 Å². The number of benzene rings is 2. The molecule has 8 nitrogen and oxygen atoms in total. The van der Waals surface area contributed by atoms with Gasteiger partial charge in [0.05, 0.1) is 13.2 Å². The van der Waals surface area contributed by atoms with Gasteiger partial charge in [-0.25, -0.2) is 0 Å². The molecule has 2 aromatic carbocycles. The minimum Gasteiger partial charge on any atom is -0.494 e. The van der Waals surface area contributed by atoms with E-state index >= 15 is 0 Å². The van der Waals surface area contributed by atoms with Gasteiger partial charge in [0.2, 0.25) is 17.6 Å². The zero-order valence-corrected chi connectivity index (χ0v) is 19.9. The van der Waals surface area contributed by atoms with Crippen LogP contribution in [0.5, 0.6) is 11.5 Å². The van der Waals surface area contributed by atoms with Crippen LogP contribution >= 0.6 is 0 Å². The number of ether oxygens (including phenoxy) is 2. The van der Waals surface area contributed by atoms with Crippen molar-refractivity contribution in [3.8, 4) is 22.9 Å². The third kappa shape index (κ3) is 6.35. The Balaban J connectivity index is 1.21. The van der Waals surface area contributed by atoms with Crippen molar-refractivity contribution in [2.75, 3.05) is 39.4 Å². The molecule has 34 heavy (non-hydrogen) atoms. The standard InChI is InChI=1S/C26H32N4O4/c1-3-32-22-9-5-20(6-10-22)19-29-15-17-30(18-16-29)25(31)14-13-24-27-26(28-34-24)21-7-11-23(12-8-21)33-4-2/h5-12H,3-4,13-19H2,1-2H3. The summed E-state index contributed by atoms with van der Waals surface area (Å²) in [6.45, 7) is 9.30. The number of nitrogens with zero attached hydrogens (tertiary/aromatic N) is 4. The van der Waals surface area contributed by atoms with Gasteiger partial charge in [-0.1, -0.05) is 17.3 Å². The number of hydrogen-bond acceptors (Lipinski definition) is 7. The number of rotatable bonds is 10. The van der Waals surface area contributed by atoms with Crippen molar-refractivity contribution in [2.45, 2.75) is 33.2 Å². The predicted molar refractivity (Wildman–Crippen MR) is 129 cm³/mol. The fourth-order valence-corrected chi connectivity index (χ4v) is 3.98. The molecule has 1 aromatic heterocycles. The van der Waals surface area contributed by atoms with Crippen LogP contribution in [-0.2, 0) is 17.8 Å². The van der Waals surface area contributed by atoms with Gasteiger partial charge in [0.25, 0.3) is 0 Å². The Morgan fingerprint density at radius 2 is 1.53 bits per heavy atom. The molecule has 0 bridgehead atoms. The summed E-state index contributed by atoms with van der Waals surface area (Å²) in [6, 6.07) is 15.8. The molecule has 0 aliphatic carbocycles. The lowest BCUT2D eigenvalue weighted by molar-refractivity contribution is -0.133. The number of aryl methyl sites for hydroxylation is 1. The summed E-state index contributed by atoms with van der Waals surface area (Å²) in [4.78, 5) is 21.4. The molecule has 0 saturated carbocycles. The van der Waals surface area contributed by atoms with E-state index in [0.29, 0.717) is 37.8 Å². The Morgan fingerprint density at radius 1 is 0.912 bits per heavy atom. The van der Waals surface area contributed by atoms with Crippen LogP contribution < -0.4 is 9.47 Å². The van der Waals surface area contributed by atoms with Gasteiger partial charge < -0.3 is 18.9 Å². The number of aromatic nitrogens is 2. The summed E-state index contributed by atoms with van der Waals surface area (Å²) in [5.74, 6) is 2.83. The first-order valence-electron chi connectivity index (χ1n) is 11.9. The van der Waals surface area contributed by atoms with Crippen molar-refractivity contribution in [1.29, 1.82) is 0 Å². The monoisotopic (exact) mass is 464 g/mol. The highest BCUT2D eigenvalue weighted by Gasteiger charge is 2.22. The first kappa shape index (κ1) is 23.8. The predicted octanol–water partition coefficient (Wildman–Crippen LogP) is 3.81. The van der Waals surface area contributed by atoms with Crippen LogP contribution in [0.15, 0.2) is 53.1 Å². The van der Waals surface area contributed by atoms with Crippen molar-refractivity contribution in [1.82, 2.24) is 19.9 Å². The molecule has 0 spiro atoms. The third-order valence-corrected chi connectivity index (χ3v) is 5.81. The third-order valence-electron chi connectivity index (χ3n) is 5.81. The molecule has 2 heterocycles. The zero-order valence-electron chi connectivity index (χ0n) is 19.9. The second-order valence-corrected chi connectivity index (χ2v) is 8.20. The fourth-order valence-electron chi connectivity index (χ4n) is 3.98. The van der Waals surface area contributed by atoms with E-state index in [4.69, 9.17) is 14.0 Å². The van der Waals surface area contributed by atoms with E-state index < -0.39 is 0 Å². The van der Waals surface area contributed by atoms with Crippen LogP contribution in [0.4, 0.5) is 0 Å². The van der Waals surface area contributed by atoms with Crippen LogP contribution in [-0.4, -0.2) is 65.2 Å². The Kier molecular flexibility index (Phi) is 8.14. The Bertz CT molecular complexity index is 1040. The summed E-state index contributed by atoms with van der Waals surface area (Å²) in [5, 5.41) is 4.05. The molecule has 180 valence electrons. The largest absolute Gasteiger partial charge is 0.494 e. The summed E-state index contributed by atoms with van der Waals surface area (Å²) in [5.41, 5.74) is 2.11. The molecule has 0 N–H and O–H groups in total. The summed E-state index contributed by atoms with van der Waals surface area (Å²) in [7, 11) is 0. The van der Waals surface area contributed by atoms with Gasteiger partial charge in [-0.3, -0.25) is 9.69 Å². The molecular formula is C26H32N4O4. The Labute approximate surface area is 200 Å². The fraction of sp³-hybridized carbons (Fsp3) is 0.423. The van der Waals surface area contributed by atoms with Gasteiger partial charge >= 0.3 is 0 Å². The molecule has 1 aliphatic rings. The first-order valence-corrected chi connectivity index (χ1v) is 11.9. The maximum absolute atomic E-state index is 12.7. The van der Waals surface area contributed by atoms with E-state index in [1.807, 2.05) is 55.1 Å². The van der Waals surface area contributed by atoms with E-state index in [9.17, 15) is 4.79 Å². The minimum atomic E-state index is 0.126. The highest BCUT2D eigenvalue weighted by molar-refractivity contribution is 5.76. The van der Waals surface area contributed by atoms with Crippen LogP contribution in [0.2, 0.25) is 0 Å². The molecule has 1 fully saturated rings. The van der Waals surface area contributed by atoms with E-state index in [2.05, 4.69) is 27.2 Å². The zero-order chi connectivity index (χ0) is 23.8. The van der Waals surface area contributed by atoms with Crippen molar-refractivity contribution in [2.24, 2.45) is 0 Å². The lowest BCUT2D eigenvalue weighted by atomic mass is 10.2. The Hall–Kier alpha value is -3.39. The van der Waals surface area contributed by atoms with E-state index in [1.54, 1.807) is 0 Å². The average molecular weight is 465 g/mol. The number of hydrogen-bond donors (Lipinski definition) is 0. The lowest BCUT2D eigenvalue weighted by Gasteiger charge is -2.34. The van der Waals surface area contributed by atoms with Gasteiger partial charge in [0, 0.05) is 51.1 Å². The summed E-state index contributed by atoms with van der Waals surface area (Å²) >= 11 is 0. The van der Waals surface area contributed by atoms with Gasteiger partial charge in [-0.05, 0) is 55.8 Å². The summed E-state index contributed by atoms with van der Waals surface area (Å²) in [6.07, 6.45) is 0.805. The van der Waals surface area contributed by atoms with Crippen LogP contribution in [0.3, 0.4) is 0 Å². The second kappa shape index (κ2) is 11.7. The quantitative estimate of drug-likeness (QED) is 0.451. The molecule has 0 unspecified atom stereocenters. The molecule has 1 amide bonds. The highest BCUT2D eigenvalue weighted by Crippen LogP contribution is 2.20. The van der Waals surface area contributed by atoms with Gasteiger partial charge in [0.1, 0.15) is 11.5 Å². The van der Waals surface area contributed by atoms with Crippen molar-refractivity contribution >= 4 is 5.91 Å². The molecule has 1 saturated heterocycles. The normalized spacial score (nSPS) is 14.2. The van der Waals surface area contributed by atoms with Gasteiger partial charge in [-0.2, -0.15) is 4.98 Å². The van der Waals surface area contributed by atoms with E-state index in [0.717, 1.165) is 49.8 Å². The van der Waals surface area contributed by atoms with Crippen molar-refractivity contribution < 1.29 is 18.8 Å². The molecule has 4 rings (SSSR count). The van der Waals surface area contributed by atoms with Crippen LogP contribution in [0.1, 0.15) is 31.7 Å². The lowest BCUT2D eigenvalue weighted by Crippen LogP contribution is -2.48. The maximum atomic E-state index is 12.7. The summed E-state index contributed by atoms with van der Waals surface area (Å²) < 4.78 is 16.3. The number of carbonyl (C=O) groups is 1. The molecule has 8 heteroatoms. The van der Waals surface area contributed by atoms with E-state index in [1.165, 1.54) is 5.56 Å². The van der Waals surface area contributed by atoms with Crippen LogP contribution in [0.25, 0.3) is 11.4 Å². The van der Waals surface area contributed by atoms with E-state index in [-0.39, 0.29) is 5.91 Å². The van der Waals surface area contributed by atoms with Gasteiger partial charge in [0.15, 0.2) is 0 Å². The Morgan fingerprint density at radius 3 is 2.15 bits per heavy atom. The van der Waals surface area contributed by atoms with Crippen molar-refractivity contribution in [3.63, 3.8) is 0 Å². The molecule has 0 atom stereocenters. The SMILES string of the molecule is CCOc1ccc(CN2CCN(C(=O)CCc3nc(-c4ccc(OCC)cc4)no3)CC2)cc1. The molecule has 1 aliphatic heterocycles. The number of piperazine rings is 1. The highest BCUT2D eigenvalue weighted by atomic mass is 16.5. The van der Waals surface area contributed by atoms with Crippen molar-refractivity contribution in [3.05, 3.63) is 60.0 Å². The topological polar surface area (TPSA) is 80.9 Å². The molecule has 0 radical (unpaired) electrons. The minimum absolute atomic E-state index is 0.126. The maximum Gasteiger partial charge on any atom is 0.227 e. The molecular weight excluding hydrogens is 432 g/mol. The number of carbonyl (C=O) groups excluding carboxylic acids is 1. The molecule has 3 aromatic rings.